The summed E-state index contributed by atoms with van der Waals surface area (Å²) >= 11 is 0. The van der Waals surface area contributed by atoms with Crippen LogP contribution in [0.5, 0.6) is 0 Å². The zero-order chi connectivity index (χ0) is 16.2. The monoisotopic (exact) mass is 316 g/mol. The van der Waals surface area contributed by atoms with Gasteiger partial charge < -0.3 is 5.32 Å². The minimum Gasteiger partial charge on any atom is -0.320 e. The number of pyridine rings is 2. The second-order valence-corrected chi connectivity index (χ2v) is 4.48. The lowest BCUT2D eigenvalue weighted by Gasteiger charge is -2.09. The Balaban J connectivity index is 1.89. The number of anilines is 1. The van der Waals surface area contributed by atoms with E-state index in [1.165, 1.54) is 35.8 Å². The smallest absolute Gasteiger partial charge is 0.265 e. The maximum atomic E-state index is 12.7. The summed E-state index contributed by atoms with van der Waals surface area (Å²) in [6.07, 6.45) is 3.89. The van der Waals surface area contributed by atoms with E-state index in [4.69, 9.17) is 0 Å². The molecule has 0 unspecified atom stereocenters. The van der Waals surface area contributed by atoms with E-state index < -0.39 is 12.3 Å². The van der Waals surface area contributed by atoms with Crippen molar-refractivity contribution < 1.29 is 13.6 Å². The molecule has 0 aliphatic heterocycles. The SMILES string of the molecule is O=C(Nc1cncc(C(F)F)c1)c1cccnc1-n1cncn1. The average molecular weight is 316 g/mol. The van der Waals surface area contributed by atoms with Gasteiger partial charge in [-0.2, -0.15) is 5.10 Å². The highest BCUT2D eigenvalue weighted by molar-refractivity contribution is 6.06. The summed E-state index contributed by atoms with van der Waals surface area (Å²) in [5.41, 5.74) is 0.118. The molecule has 3 aromatic heterocycles. The number of nitrogens with zero attached hydrogens (tertiary/aromatic N) is 5. The maximum Gasteiger partial charge on any atom is 0.265 e. The Hall–Kier alpha value is -3.23. The van der Waals surface area contributed by atoms with Gasteiger partial charge in [-0.15, -0.1) is 0 Å². The zero-order valence-corrected chi connectivity index (χ0v) is 11.6. The predicted octanol–water partition coefficient (Wildman–Crippen LogP) is 2.25. The Morgan fingerprint density at radius 3 is 2.87 bits per heavy atom. The molecule has 3 rings (SSSR count). The second-order valence-electron chi connectivity index (χ2n) is 4.48. The van der Waals surface area contributed by atoms with Crippen molar-refractivity contribution in [3.63, 3.8) is 0 Å². The van der Waals surface area contributed by atoms with Crippen LogP contribution in [0.3, 0.4) is 0 Å². The van der Waals surface area contributed by atoms with Crippen LogP contribution in [-0.2, 0) is 0 Å². The van der Waals surface area contributed by atoms with E-state index in [-0.39, 0.29) is 22.6 Å². The van der Waals surface area contributed by atoms with Crippen molar-refractivity contribution in [1.82, 2.24) is 24.7 Å². The first-order valence-corrected chi connectivity index (χ1v) is 6.49. The molecule has 3 heterocycles. The van der Waals surface area contributed by atoms with Gasteiger partial charge in [0.05, 0.1) is 17.4 Å². The van der Waals surface area contributed by atoms with Crippen molar-refractivity contribution in [1.29, 1.82) is 0 Å². The van der Waals surface area contributed by atoms with Crippen molar-refractivity contribution in [3.8, 4) is 5.82 Å². The van der Waals surface area contributed by atoms with Crippen molar-refractivity contribution in [2.75, 3.05) is 5.32 Å². The normalized spacial score (nSPS) is 10.7. The van der Waals surface area contributed by atoms with Crippen molar-refractivity contribution in [2.24, 2.45) is 0 Å². The molecule has 1 N–H and O–H groups in total. The van der Waals surface area contributed by atoms with Crippen LogP contribution in [0.1, 0.15) is 22.3 Å². The van der Waals surface area contributed by atoms with Crippen LogP contribution in [0.15, 0.2) is 49.4 Å². The third-order valence-corrected chi connectivity index (χ3v) is 2.94. The first-order chi connectivity index (χ1) is 11.1. The van der Waals surface area contributed by atoms with Crippen LogP contribution in [-0.4, -0.2) is 30.6 Å². The number of nitrogens with one attached hydrogen (secondary N) is 1. The number of carbonyl (C=O) groups is 1. The van der Waals surface area contributed by atoms with Gasteiger partial charge in [-0.1, -0.05) is 0 Å². The standard InChI is InChI=1S/C14H10F2N6O/c15-12(16)9-4-10(6-17-5-9)21-14(23)11-2-1-3-19-13(11)22-8-18-7-20-22/h1-8,12H,(H,21,23). The van der Waals surface area contributed by atoms with Crippen LogP contribution in [0.25, 0.3) is 5.82 Å². The Labute approximate surface area is 129 Å². The van der Waals surface area contributed by atoms with E-state index in [1.807, 2.05) is 0 Å². The molecule has 3 aromatic rings. The van der Waals surface area contributed by atoms with Crippen LogP contribution < -0.4 is 5.32 Å². The molecule has 0 aliphatic carbocycles. The molecule has 0 bridgehead atoms. The summed E-state index contributed by atoms with van der Waals surface area (Å²) < 4.78 is 26.7. The third-order valence-electron chi connectivity index (χ3n) is 2.94. The van der Waals surface area contributed by atoms with Gasteiger partial charge in [0.1, 0.15) is 12.7 Å². The molecular formula is C14H10F2N6O. The fourth-order valence-electron chi connectivity index (χ4n) is 1.92. The lowest BCUT2D eigenvalue weighted by atomic mass is 10.2. The summed E-state index contributed by atoms with van der Waals surface area (Å²) in [6.45, 7) is 0. The van der Waals surface area contributed by atoms with E-state index in [2.05, 4.69) is 25.4 Å². The molecule has 0 aliphatic rings. The molecule has 0 radical (unpaired) electrons. The van der Waals surface area contributed by atoms with Crippen molar-refractivity contribution >= 4 is 11.6 Å². The molecule has 0 aromatic carbocycles. The van der Waals surface area contributed by atoms with E-state index >= 15 is 0 Å². The highest BCUT2D eigenvalue weighted by Crippen LogP contribution is 2.21. The van der Waals surface area contributed by atoms with Crippen LogP contribution in [0, 0.1) is 0 Å². The molecule has 7 nitrogen and oxygen atoms in total. The Bertz CT molecular complexity index is 822. The number of hydrogen-bond acceptors (Lipinski definition) is 5. The van der Waals surface area contributed by atoms with Crippen LogP contribution in [0.2, 0.25) is 0 Å². The third kappa shape index (κ3) is 3.18. The summed E-state index contributed by atoms with van der Waals surface area (Å²) in [7, 11) is 0. The van der Waals surface area contributed by atoms with Gasteiger partial charge in [0, 0.05) is 18.0 Å². The first-order valence-electron chi connectivity index (χ1n) is 6.49. The molecule has 23 heavy (non-hydrogen) atoms. The zero-order valence-electron chi connectivity index (χ0n) is 11.6. The first kappa shape index (κ1) is 14.7. The number of hydrogen-bond donors (Lipinski definition) is 1. The molecule has 9 heteroatoms. The number of alkyl halides is 2. The second kappa shape index (κ2) is 6.26. The fraction of sp³-hybridized carbons (Fsp3) is 0.0714. The van der Waals surface area contributed by atoms with Gasteiger partial charge in [-0.3, -0.25) is 9.78 Å². The lowest BCUT2D eigenvalue weighted by Crippen LogP contribution is -2.16. The largest absolute Gasteiger partial charge is 0.320 e. The van der Waals surface area contributed by atoms with E-state index in [0.29, 0.717) is 0 Å². The highest BCUT2D eigenvalue weighted by Gasteiger charge is 2.15. The van der Waals surface area contributed by atoms with Gasteiger partial charge in [0.25, 0.3) is 12.3 Å². The molecular weight excluding hydrogens is 306 g/mol. The molecule has 0 atom stereocenters. The topological polar surface area (TPSA) is 85.6 Å². The summed E-state index contributed by atoms with van der Waals surface area (Å²) in [5.74, 6) is -0.239. The number of carbonyl (C=O) groups excluding carboxylic acids is 1. The van der Waals surface area contributed by atoms with Gasteiger partial charge in [0.2, 0.25) is 0 Å². The maximum absolute atomic E-state index is 12.7. The minimum absolute atomic E-state index is 0.168. The van der Waals surface area contributed by atoms with Crippen molar-refractivity contribution in [2.45, 2.75) is 6.43 Å². The lowest BCUT2D eigenvalue weighted by molar-refractivity contribution is 0.102. The van der Waals surface area contributed by atoms with Gasteiger partial charge in [-0.05, 0) is 18.2 Å². The summed E-state index contributed by atoms with van der Waals surface area (Å²) in [5, 5.41) is 6.44. The molecule has 0 saturated carbocycles. The summed E-state index contributed by atoms with van der Waals surface area (Å²) in [6, 6.07) is 4.30. The minimum atomic E-state index is -2.66. The Morgan fingerprint density at radius 2 is 2.13 bits per heavy atom. The van der Waals surface area contributed by atoms with Gasteiger partial charge >= 0.3 is 0 Å². The average Bonchev–Trinajstić information content (AvgIpc) is 3.09. The number of halogens is 2. The molecule has 0 fully saturated rings. The number of rotatable bonds is 4. The van der Waals surface area contributed by atoms with Gasteiger partial charge in [0.15, 0.2) is 5.82 Å². The van der Waals surface area contributed by atoms with Crippen molar-refractivity contribution in [3.05, 3.63) is 60.6 Å². The fourth-order valence-corrected chi connectivity index (χ4v) is 1.92. The van der Waals surface area contributed by atoms with E-state index in [9.17, 15) is 13.6 Å². The Morgan fingerprint density at radius 1 is 1.26 bits per heavy atom. The van der Waals surface area contributed by atoms with Gasteiger partial charge in [-0.25, -0.2) is 23.4 Å². The molecule has 1 amide bonds. The quantitative estimate of drug-likeness (QED) is 0.798. The summed E-state index contributed by atoms with van der Waals surface area (Å²) in [4.78, 5) is 24.0. The highest BCUT2D eigenvalue weighted by atomic mass is 19.3. The Kier molecular flexibility index (Phi) is 4.00. The molecule has 116 valence electrons. The van der Waals surface area contributed by atoms with Crippen LogP contribution >= 0.6 is 0 Å². The number of aromatic nitrogens is 5. The molecule has 0 saturated heterocycles. The predicted molar refractivity (Wildman–Crippen MR) is 76.3 cm³/mol. The van der Waals surface area contributed by atoms with E-state index in [1.54, 1.807) is 12.1 Å². The van der Waals surface area contributed by atoms with E-state index in [0.717, 1.165) is 6.20 Å². The molecule has 0 spiro atoms. The number of amides is 1. The van der Waals surface area contributed by atoms with Crippen LogP contribution in [0.4, 0.5) is 14.5 Å².